The lowest BCUT2D eigenvalue weighted by Crippen LogP contribution is -2.05. The van der Waals surface area contributed by atoms with Crippen LogP contribution in [0, 0.1) is 11.3 Å². The Morgan fingerprint density at radius 3 is 2.75 bits per heavy atom. The third-order valence-corrected chi connectivity index (χ3v) is 4.93. The van der Waals surface area contributed by atoms with E-state index >= 15 is 0 Å². The summed E-state index contributed by atoms with van der Waals surface area (Å²) in [5, 5.41) is 23.5. The van der Waals surface area contributed by atoms with E-state index in [9.17, 15) is 0 Å². The van der Waals surface area contributed by atoms with Crippen LogP contribution in [0.3, 0.4) is 0 Å². The van der Waals surface area contributed by atoms with Crippen molar-refractivity contribution in [3.8, 4) is 17.3 Å². The Labute approximate surface area is 160 Å². The van der Waals surface area contributed by atoms with E-state index in [1.165, 1.54) is 0 Å². The molecule has 134 valence electrons. The number of nitrogens with one attached hydrogen (secondary N) is 1. The summed E-state index contributed by atoms with van der Waals surface area (Å²) in [6.45, 7) is 2.09. The lowest BCUT2D eigenvalue weighted by atomic mass is 10.0. The molecule has 0 spiro atoms. The number of hydrogen-bond acceptors (Lipinski definition) is 5. The van der Waals surface area contributed by atoms with Gasteiger partial charge in [0.2, 0.25) is 0 Å². The molecule has 28 heavy (non-hydrogen) atoms. The Morgan fingerprint density at radius 1 is 1.07 bits per heavy atom. The highest BCUT2D eigenvalue weighted by Gasteiger charge is 2.20. The van der Waals surface area contributed by atoms with Crippen molar-refractivity contribution in [1.29, 1.82) is 5.26 Å². The Kier molecular flexibility index (Phi) is 3.62. The third-order valence-electron chi connectivity index (χ3n) is 4.93. The maximum Gasteiger partial charge on any atom is 0.177 e. The predicted octanol–water partition coefficient (Wildman–Crippen LogP) is 3.69. The van der Waals surface area contributed by atoms with Gasteiger partial charge in [-0.15, -0.1) is 10.2 Å². The molecule has 4 aromatic heterocycles. The number of nitriles is 1. The van der Waals surface area contributed by atoms with Gasteiger partial charge in [0, 0.05) is 29.3 Å². The van der Waals surface area contributed by atoms with Gasteiger partial charge in [-0.25, -0.2) is 4.98 Å². The van der Waals surface area contributed by atoms with Crippen LogP contribution in [0.1, 0.15) is 29.8 Å². The van der Waals surface area contributed by atoms with Crippen molar-refractivity contribution in [3.05, 3.63) is 77.9 Å². The number of pyridine rings is 1. The van der Waals surface area contributed by atoms with Crippen LogP contribution in [0.2, 0.25) is 0 Å². The van der Waals surface area contributed by atoms with Crippen molar-refractivity contribution in [3.63, 3.8) is 0 Å². The number of hydrogen-bond donors (Lipinski definition) is 1. The van der Waals surface area contributed by atoms with Crippen molar-refractivity contribution in [2.24, 2.45) is 0 Å². The lowest BCUT2D eigenvalue weighted by Gasteiger charge is -2.09. The molecule has 0 fully saturated rings. The first-order chi connectivity index (χ1) is 13.7. The van der Waals surface area contributed by atoms with Crippen molar-refractivity contribution in [2.45, 2.75) is 12.8 Å². The molecule has 1 aromatic carbocycles. The van der Waals surface area contributed by atoms with Crippen molar-refractivity contribution < 1.29 is 0 Å². The van der Waals surface area contributed by atoms with Gasteiger partial charge in [-0.1, -0.05) is 19.1 Å². The number of nitrogens with zero attached hydrogens (tertiary/aromatic N) is 6. The molecule has 0 aliphatic carbocycles. The number of benzene rings is 1. The van der Waals surface area contributed by atoms with E-state index in [1.54, 1.807) is 22.8 Å². The summed E-state index contributed by atoms with van der Waals surface area (Å²) in [6, 6.07) is 17.3. The summed E-state index contributed by atoms with van der Waals surface area (Å²) in [4.78, 5) is 7.57. The van der Waals surface area contributed by atoms with Crippen LogP contribution < -0.4 is 0 Å². The van der Waals surface area contributed by atoms with E-state index in [0.717, 1.165) is 33.7 Å². The van der Waals surface area contributed by atoms with Crippen LogP contribution >= 0.6 is 0 Å². The molecule has 1 N–H and O–H groups in total. The molecule has 0 unspecified atom stereocenters. The molecule has 5 rings (SSSR count). The zero-order chi connectivity index (χ0) is 19.1. The molecule has 5 aromatic rings. The number of aromatic nitrogens is 6. The normalized spacial score (nSPS) is 12.3. The smallest absolute Gasteiger partial charge is 0.177 e. The highest BCUT2D eigenvalue weighted by molar-refractivity contribution is 5.80. The first-order valence-electron chi connectivity index (χ1n) is 8.89. The largest absolute Gasteiger partial charge is 0.346 e. The van der Waals surface area contributed by atoms with Crippen molar-refractivity contribution in [2.75, 3.05) is 0 Å². The maximum atomic E-state index is 8.98. The predicted molar refractivity (Wildman–Crippen MR) is 105 cm³/mol. The van der Waals surface area contributed by atoms with E-state index in [0.29, 0.717) is 11.2 Å². The van der Waals surface area contributed by atoms with Crippen LogP contribution in [-0.4, -0.2) is 29.8 Å². The minimum atomic E-state index is -0.0170. The Morgan fingerprint density at radius 2 is 1.93 bits per heavy atom. The van der Waals surface area contributed by atoms with E-state index in [1.807, 2.05) is 42.6 Å². The van der Waals surface area contributed by atoms with E-state index in [2.05, 4.69) is 33.2 Å². The second kappa shape index (κ2) is 6.28. The summed E-state index contributed by atoms with van der Waals surface area (Å²) in [6.07, 6.45) is 3.74. The minimum Gasteiger partial charge on any atom is -0.346 e. The maximum absolute atomic E-state index is 8.98. The average Bonchev–Trinajstić information content (AvgIpc) is 3.37. The lowest BCUT2D eigenvalue weighted by molar-refractivity contribution is 0.756. The van der Waals surface area contributed by atoms with Gasteiger partial charge < -0.3 is 4.98 Å². The summed E-state index contributed by atoms with van der Waals surface area (Å²) >= 11 is 0. The fourth-order valence-electron chi connectivity index (χ4n) is 3.42. The second-order valence-corrected chi connectivity index (χ2v) is 6.60. The number of fused-ring (bicyclic) bond motifs is 2. The van der Waals surface area contributed by atoms with Gasteiger partial charge in [-0.05, 0) is 42.0 Å². The van der Waals surface area contributed by atoms with Gasteiger partial charge in [0.05, 0.1) is 17.3 Å². The van der Waals surface area contributed by atoms with E-state index < -0.39 is 0 Å². The first kappa shape index (κ1) is 16.1. The van der Waals surface area contributed by atoms with Gasteiger partial charge in [-0.3, -0.25) is 0 Å². The third kappa shape index (κ3) is 2.51. The average molecular weight is 365 g/mol. The van der Waals surface area contributed by atoms with Gasteiger partial charge in [-0.2, -0.15) is 14.9 Å². The van der Waals surface area contributed by atoms with Crippen LogP contribution in [0.15, 0.2) is 60.9 Å². The SMILES string of the molecule is C[C@@H](c1c[nH]c2ncccc12)c1nnc2ccc(-c3ccc(C#N)cc3)nn12. The van der Waals surface area contributed by atoms with Crippen LogP contribution in [0.25, 0.3) is 27.9 Å². The fourth-order valence-corrected chi connectivity index (χ4v) is 3.42. The molecule has 0 amide bonds. The Bertz CT molecular complexity index is 1340. The standard InChI is InChI=1S/C21H15N7/c1-13(17-12-24-20-16(17)3-2-10-23-20)21-26-25-19-9-8-18(27-28(19)21)15-6-4-14(11-22)5-7-15/h2-10,12-13H,1H3,(H,23,24)/t13-/m0/s1. The monoisotopic (exact) mass is 365 g/mol. The Balaban J connectivity index is 1.61. The van der Waals surface area contributed by atoms with Gasteiger partial charge >= 0.3 is 0 Å². The topological polar surface area (TPSA) is 95.5 Å². The summed E-state index contributed by atoms with van der Waals surface area (Å²) in [7, 11) is 0. The Hall–Kier alpha value is -4.05. The zero-order valence-corrected chi connectivity index (χ0v) is 15.0. The summed E-state index contributed by atoms with van der Waals surface area (Å²) in [5.41, 5.74) is 5.00. The number of aromatic amines is 1. The highest BCUT2D eigenvalue weighted by atomic mass is 15.4. The molecule has 0 aliphatic heterocycles. The fraction of sp³-hybridized carbons (Fsp3) is 0.0952. The molecule has 0 saturated carbocycles. The van der Waals surface area contributed by atoms with Crippen LogP contribution in [0.4, 0.5) is 0 Å². The molecule has 0 radical (unpaired) electrons. The molecular weight excluding hydrogens is 350 g/mol. The molecule has 0 bridgehead atoms. The second-order valence-electron chi connectivity index (χ2n) is 6.60. The van der Waals surface area contributed by atoms with Gasteiger partial charge in [0.1, 0.15) is 5.65 Å². The number of rotatable bonds is 3. The molecule has 4 heterocycles. The molecular formula is C21H15N7. The molecule has 7 nitrogen and oxygen atoms in total. The quantitative estimate of drug-likeness (QED) is 0.526. The molecule has 1 atom stereocenters. The number of H-pyrrole nitrogens is 1. The van der Waals surface area contributed by atoms with Crippen LogP contribution in [0.5, 0.6) is 0 Å². The highest BCUT2D eigenvalue weighted by Crippen LogP contribution is 2.29. The minimum absolute atomic E-state index is 0.0170. The molecule has 7 heteroatoms. The van der Waals surface area contributed by atoms with Gasteiger partial charge in [0.15, 0.2) is 11.5 Å². The van der Waals surface area contributed by atoms with Gasteiger partial charge in [0.25, 0.3) is 0 Å². The molecule has 0 aliphatic rings. The zero-order valence-electron chi connectivity index (χ0n) is 15.0. The molecule has 0 saturated heterocycles. The summed E-state index contributed by atoms with van der Waals surface area (Å²) in [5.74, 6) is 0.743. The van der Waals surface area contributed by atoms with Crippen LogP contribution in [-0.2, 0) is 0 Å². The van der Waals surface area contributed by atoms with Crippen molar-refractivity contribution in [1.82, 2.24) is 29.8 Å². The van der Waals surface area contributed by atoms with E-state index in [4.69, 9.17) is 10.4 Å². The summed E-state index contributed by atoms with van der Waals surface area (Å²) < 4.78 is 1.79. The first-order valence-corrected chi connectivity index (χ1v) is 8.89. The van der Waals surface area contributed by atoms with Crippen molar-refractivity contribution >= 4 is 16.7 Å². The van der Waals surface area contributed by atoms with E-state index in [-0.39, 0.29) is 5.92 Å².